The van der Waals surface area contributed by atoms with Gasteiger partial charge in [-0.15, -0.1) is 0 Å². The summed E-state index contributed by atoms with van der Waals surface area (Å²) in [5.74, 6) is -0.453. The first-order valence-electron chi connectivity index (χ1n) is 17.1. The minimum absolute atomic E-state index is 0.116. The summed E-state index contributed by atoms with van der Waals surface area (Å²) < 4.78 is 3.04. The number of pyridine rings is 2. The van der Waals surface area contributed by atoms with Crippen molar-refractivity contribution in [3.63, 3.8) is 0 Å². The fourth-order valence-electron chi connectivity index (χ4n) is 7.56. The second-order valence-electron chi connectivity index (χ2n) is 12.9. The van der Waals surface area contributed by atoms with Gasteiger partial charge in [0.05, 0.1) is 43.1 Å². The van der Waals surface area contributed by atoms with E-state index < -0.39 is 21.0 Å². The number of hydrogen-bond acceptors (Lipinski definition) is 10. The van der Waals surface area contributed by atoms with E-state index in [1.54, 1.807) is 48.5 Å². The van der Waals surface area contributed by atoms with Crippen LogP contribution < -0.4 is 21.8 Å². The first kappa shape index (κ1) is 33.5. The Labute approximate surface area is 299 Å². The zero-order valence-corrected chi connectivity index (χ0v) is 28.1. The molecule has 2 aliphatic rings. The highest BCUT2D eigenvalue weighted by Crippen LogP contribution is 2.41. The van der Waals surface area contributed by atoms with Gasteiger partial charge in [-0.25, -0.2) is 0 Å². The van der Waals surface area contributed by atoms with Crippen molar-refractivity contribution in [3.05, 3.63) is 148 Å². The summed E-state index contributed by atoms with van der Waals surface area (Å²) in [5.41, 5.74) is 2.72. The molecule has 6 aromatic rings. The number of carbonyl (C=O) groups excluding carboxylic acids is 2. The van der Waals surface area contributed by atoms with Crippen molar-refractivity contribution in [3.8, 4) is 22.5 Å². The predicted octanol–water partition coefficient (Wildman–Crippen LogP) is 4.83. The lowest BCUT2D eigenvalue weighted by Gasteiger charge is -2.16. The predicted molar refractivity (Wildman–Crippen MR) is 198 cm³/mol. The molecule has 2 N–H and O–H groups in total. The van der Waals surface area contributed by atoms with E-state index in [1.807, 2.05) is 0 Å². The van der Waals surface area contributed by atoms with Crippen molar-refractivity contribution >= 4 is 44.5 Å². The maximum atomic E-state index is 13.8. The number of nitro benzene ring substituents is 2. The van der Waals surface area contributed by atoms with E-state index in [-0.39, 0.29) is 46.8 Å². The number of nitro groups is 2. The summed E-state index contributed by atoms with van der Waals surface area (Å²) in [4.78, 5) is 76.3. The third-order valence-electron chi connectivity index (χ3n) is 9.97. The van der Waals surface area contributed by atoms with Crippen LogP contribution in [0.25, 0.3) is 44.1 Å². The molecule has 0 aliphatic heterocycles. The molecule has 14 heteroatoms. The van der Waals surface area contributed by atoms with Gasteiger partial charge in [0.2, 0.25) is 0 Å². The zero-order valence-electron chi connectivity index (χ0n) is 28.1. The topological polar surface area (TPSA) is 188 Å². The van der Waals surface area contributed by atoms with Crippen LogP contribution in [0.1, 0.15) is 38.3 Å². The van der Waals surface area contributed by atoms with Crippen LogP contribution in [0.3, 0.4) is 0 Å². The highest BCUT2D eigenvalue weighted by Gasteiger charge is 2.34. The van der Waals surface area contributed by atoms with Gasteiger partial charge in [0.1, 0.15) is 0 Å². The number of rotatable bonds is 12. The van der Waals surface area contributed by atoms with Crippen LogP contribution in [-0.2, 0) is 13.1 Å². The molecule has 0 spiro atoms. The Bertz CT molecular complexity index is 2530. The second-order valence-corrected chi connectivity index (χ2v) is 12.9. The summed E-state index contributed by atoms with van der Waals surface area (Å²) in [6.07, 6.45) is 0.691. The fourth-order valence-corrected chi connectivity index (χ4v) is 7.56. The van der Waals surface area contributed by atoms with E-state index in [1.165, 1.54) is 45.5 Å². The minimum atomic E-state index is -0.566. The molecule has 53 heavy (non-hydrogen) atoms. The second kappa shape index (κ2) is 13.2. The Morgan fingerprint density at radius 3 is 1.30 bits per heavy atom. The zero-order chi connectivity index (χ0) is 37.0. The molecule has 0 bridgehead atoms. The molecule has 0 radical (unpaired) electrons. The van der Waals surface area contributed by atoms with Gasteiger partial charge in [0.15, 0.2) is 11.6 Å². The summed E-state index contributed by atoms with van der Waals surface area (Å²) in [5, 5.41) is 30.6. The monoisotopic (exact) mass is 710 g/mol. The number of non-ortho nitro benzene ring substituents is 2. The first-order valence-corrected chi connectivity index (χ1v) is 17.1. The van der Waals surface area contributed by atoms with Crippen molar-refractivity contribution in [1.29, 1.82) is 0 Å². The molecular weight excluding hydrogens is 680 g/mol. The van der Waals surface area contributed by atoms with Gasteiger partial charge in [0, 0.05) is 83.5 Å². The molecule has 0 unspecified atom stereocenters. The van der Waals surface area contributed by atoms with Crippen molar-refractivity contribution in [1.82, 2.24) is 19.8 Å². The lowest BCUT2D eigenvalue weighted by molar-refractivity contribution is -0.384. The molecule has 14 nitrogen and oxygen atoms in total. The number of carbonyl (C=O) groups is 2. The third-order valence-corrected chi connectivity index (χ3v) is 9.97. The van der Waals surface area contributed by atoms with E-state index in [0.29, 0.717) is 88.1 Å². The summed E-state index contributed by atoms with van der Waals surface area (Å²) in [7, 11) is 0. The van der Waals surface area contributed by atoms with E-state index in [2.05, 4.69) is 10.6 Å². The molecule has 0 fully saturated rings. The molecule has 2 aliphatic carbocycles. The quantitative estimate of drug-likeness (QED) is 0.101. The molecule has 4 aromatic carbocycles. The highest BCUT2D eigenvalue weighted by molar-refractivity contribution is 6.27. The maximum Gasteiger partial charge on any atom is 0.270 e. The lowest BCUT2D eigenvalue weighted by Crippen LogP contribution is -2.31. The fraction of sp³-hybridized carbons (Fsp3) is 0.179. The molecule has 2 aromatic heterocycles. The Morgan fingerprint density at radius 1 is 0.509 bits per heavy atom. The molecule has 0 atom stereocenters. The summed E-state index contributed by atoms with van der Waals surface area (Å²) in [6, 6.07) is 22.1. The van der Waals surface area contributed by atoms with Crippen molar-refractivity contribution in [2.24, 2.45) is 0 Å². The number of benzene rings is 4. The molecular formula is C39H30N6O8. The molecule has 2 heterocycles. The van der Waals surface area contributed by atoms with E-state index >= 15 is 0 Å². The van der Waals surface area contributed by atoms with Crippen molar-refractivity contribution in [2.75, 3.05) is 26.2 Å². The molecule has 0 saturated heterocycles. The van der Waals surface area contributed by atoms with E-state index in [0.717, 1.165) is 0 Å². The Kier molecular flexibility index (Phi) is 8.32. The van der Waals surface area contributed by atoms with Crippen molar-refractivity contribution < 1.29 is 19.4 Å². The maximum absolute atomic E-state index is 13.8. The van der Waals surface area contributed by atoms with Crippen LogP contribution in [0, 0.1) is 20.2 Å². The summed E-state index contributed by atoms with van der Waals surface area (Å²) in [6.45, 7) is 2.39. The van der Waals surface area contributed by atoms with Gasteiger partial charge in [-0.1, -0.05) is 48.5 Å². The molecule has 0 amide bonds. The van der Waals surface area contributed by atoms with Crippen LogP contribution >= 0.6 is 0 Å². The Morgan fingerprint density at radius 2 is 0.906 bits per heavy atom. The normalized spacial score (nSPS) is 12.6. The molecule has 0 saturated carbocycles. The number of nitrogens with zero attached hydrogens (tertiary/aromatic N) is 4. The Balaban J connectivity index is 0.947. The van der Waals surface area contributed by atoms with Crippen LogP contribution in [0.2, 0.25) is 0 Å². The van der Waals surface area contributed by atoms with Gasteiger partial charge in [-0.05, 0) is 31.6 Å². The van der Waals surface area contributed by atoms with Crippen LogP contribution in [0.5, 0.6) is 0 Å². The lowest BCUT2D eigenvalue weighted by atomic mass is 10.0. The number of hydrogen-bond donors (Lipinski definition) is 2. The van der Waals surface area contributed by atoms with E-state index in [4.69, 9.17) is 0 Å². The SMILES string of the molecule is O=C1c2ccccc2-c2c1c1ccc([N+](=O)[O-])cc1c(=O)n2CCNCCCNCCn1c2c(c3ccc([N+](=O)[O-])cc3c1=O)C(=O)c1ccccc1-2. The summed E-state index contributed by atoms with van der Waals surface area (Å²) >= 11 is 0. The van der Waals surface area contributed by atoms with Gasteiger partial charge in [-0.2, -0.15) is 0 Å². The van der Waals surface area contributed by atoms with Crippen LogP contribution in [0.4, 0.5) is 11.4 Å². The average Bonchev–Trinajstić information content (AvgIpc) is 3.63. The first-order chi connectivity index (χ1) is 25.7. The van der Waals surface area contributed by atoms with Gasteiger partial charge in [0.25, 0.3) is 22.5 Å². The van der Waals surface area contributed by atoms with E-state index in [9.17, 15) is 39.4 Å². The standard InChI is InChI=1S/C39H30N6O8/c46-36-28-8-3-1-6-26(28)34-32(36)24-12-10-22(44(50)51)20-30(24)38(48)42(34)18-16-40-14-5-15-41-17-19-43-35-27-7-2-4-9-29(27)37(47)33(35)25-13-11-23(45(52)53)21-31(25)39(43)49/h1-4,6-13,20-21,40-41H,5,14-19H2. The smallest absolute Gasteiger partial charge is 0.270 e. The molecule has 264 valence electrons. The molecule has 8 rings (SSSR count). The van der Waals surface area contributed by atoms with Crippen LogP contribution in [-0.4, -0.2) is 56.7 Å². The van der Waals surface area contributed by atoms with Gasteiger partial charge < -0.3 is 19.8 Å². The average molecular weight is 711 g/mol. The van der Waals surface area contributed by atoms with Gasteiger partial charge in [-0.3, -0.25) is 39.4 Å². The van der Waals surface area contributed by atoms with Gasteiger partial charge >= 0.3 is 0 Å². The third kappa shape index (κ3) is 5.43. The Hall–Kier alpha value is -6.64. The van der Waals surface area contributed by atoms with Crippen LogP contribution in [0.15, 0.2) is 94.5 Å². The largest absolute Gasteiger partial charge is 0.315 e. The van der Waals surface area contributed by atoms with Crippen molar-refractivity contribution in [2.45, 2.75) is 19.5 Å². The number of ketones is 2. The number of fused-ring (bicyclic) bond motifs is 10. The minimum Gasteiger partial charge on any atom is -0.315 e. The number of aromatic nitrogens is 2. The highest BCUT2D eigenvalue weighted by atomic mass is 16.6. The number of nitrogens with one attached hydrogen (secondary N) is 2.